The van der Waals surface area contributed by atoms with E-state index in [9.17, 15) is 0 Å². The van der Waals surface area contributed by atoms with Crippen LogP contribution in [0.5, 0.6) is 0 Å². The predicted molar refractivity (Wildman–Crippen MR) is 78.1 cm³/mol. The van der Waals surface area contributed by atoms with Gasteiger partial charge in [-0.05, 0) is 12.1 Å². The molecule has 7 heteroatoms. The van der Waals surface area contributed by atoms with Gasteiger partial charge in [-0.2, -0.15) is 10.4 Å². The Labute approximate surface area is 120 Å². The van der Waals surface area contributed by atoms with Gasteiger partial charge in [-0.25, -0.2) is 15.0 Å². The number of nitrogen functional groups attached to an aromatic ring is 1. The van der Waals surface area contributed by atoms with Crippen LogP contribution in [0.3, 0.4) is 0 Å². The number of H-pyrrole nitrogens is 1. The molecule has 0 atom stereocenters. The first-order valence-electron chi connectivity index (χ1n) is 6.48. The summed E-state index contributed by atoms with van der Waals surface area (Å²) in [4.78, 5) is 12.8. The SMILES string of the molecule is CC(C)c1nc(N)c2c(-c3ccc(C#N)nc3)[nH]nc2n1. The van der Waals surface area contributed by atoms with Gasteiger partial charge in [0.15, 0.2) is 5.65 Å². The Bertz CT molecular complexity index is 840. The third-order valence-electron chi connectivity index (χ3n) is 3.14. The standard InChI is InChI=1S/C14H13N7/c1-7(2)13-18-12(16)10-11(20-21-14(10)19-13)8-3-4-9(5-15)17-6-8/h3-4,6-7H,1-2H3,(H3,16,18,19,20,21). The van der Waals surface area contributed by atoms with Crippen molar-refractivity contribution in [2.24, 2.45) is 0 Å². The number of nitrogens with zero attached hydrogens (tertiary/aromatic N) is 5. The van der Waals surface area contributed by atoms with E-state index in [0.717, 1.165) is 5.56 Å². The Morgan fingerprint density at radius 3 is 2.71 bits per heavy atom. The highest BCUT2D eigenvalue weighted by molar-refractivity contribution is 5.97. The molecule has 0 aliphatic carbocycles. The Balaban J connectivity index is 2.18. The lowest BCUT2D eigenvalue weighted by molar-refractivity contribution is 0.783. The Morgan fingerprint density at radius 1 is 1.29 bits per heavy atom. The third kappa shape index (κ3) is 2.17. The zero-order valence-corrected chi connectivity index (χ0v) is 11.6. The van der Waals surface area contributed by atoms with Crippen LogP contribution in [-0.4, -0.2) is 25.1 Å². The summed E-state index contributed by atoms with van der Waals surface area (Å²) in [5.74, 6) is 1.22. The van der Waals surface area contributed by atoms with E-state index in [0.29, 0.717) is 34.1 Å². The number of nitrogens with two attached hydrogens (primary N) is 1. The topological polar surface area (TPSA) is 117 Å². The second kappa shape index (κ2) is 4.83. The lowest BCUT2D eigenvalue weighted by atomic mass is 10.1. The van der Waals surface area contributed by atoms with Gasteiger partial charge < -0.3 is 5.73 Å². The summed E-state index contributed by atoms with van der Waals surface area (Å²) in [6.45, 7) is 4.00. The van der Waals surface area contributed by atoms with Crippen LogP contribution in [0.2, 0.25) is 0 Å². The second-order valence-electron chi connectivity index (χ2n) is 4.96. The highest BCUT2D eigenvalue weighted by Crippen LogP contribution is 2.29. The molecular weight excluding hydrogens is 266 g/mol. The van der Waals surface area contributed by atoms with Gasteiger partial charge >= 0.3 is 0 Å². The minimum Gasteiger partial charge on any atom is -0.383 e. The molecule has 0 fully saturated rings. The molecule has 3 rings (SSSR count). The molecule has 0 bridgehead atoms. The first-order chi connectivity index (χ1) is 10.1. The third-order valence-corrected chi connectivity index (χ3v) is 3.14. The molecule has 0 aliphatic rings. The quantitative estimate of drug-likeness (QED) is 0.740. The molecule has 3 aromatic rings. The molecule has 0 amide bonds. The zero-order valence-electron chi connectivity index (χ0n) is 11.6. The summed E-state index contributed by atoms with van der Waals surface area (Å²) in [5.41, 5.74) is 8.42. The lowest BCUT2D eigenvalue weighted by Gasteiger charge is -2.05. The number of anilines is 1. The minimum atomic E-state index is 0.174. The number of aromatic nitrogens is 5. The maximum Gasteiger partial charge on any atom is 0.187 e. The average molecular weight is 279 g/mol. The molecule has 0 saturated carbocycles. The van der Waals surface area contributed by atoms with Crippen molar-refractivity contribution in [3.05, 3.63) is 29.8 Å². The average Bonchev–Trinajstić information content (AvgIpc) is 2.91. The van der Waals surface area contributed by atoms with Gasteiger partial charge in [-0.15, -0.1) is 0 Å². The summed E-state index contributed by atoms with van der Waals surface area (Å²) in [5, 5.41) is 16.6. The first kappa shape index (κ1) is 13.0. The summed E-state index contributed by atoms with van der Waals surface area (Å²) in [6.07, 6.45) is 1.60. The minimum absolute atomic E-state index is 0.174. The summed E-state index contributed by atoms with van der Waals surface area (Å²) < 4.78 is 0. The van der Waals surface area contributed by atoms with Crippen molar-refractivity contribution >= 4 is 16.9 Å². The van der Waals surface area contributed by atoms with Crippen molar-refractivity contribution in [1.29, 1.82) is 5.26 Å². The Morgan fingerprint density at radius 2 is 2.10 bits per heavy atom. The van der Waals surface area contributed by atoms with Crippen molar-refractivity contribution < 1.29 is 0 Å². The molecule has 0 radical (unpaired) electrons. The van der Waals surface area contributed by atoms with E-state index in [1.54, 1.807) is 18.3 Å². The summed E-state index contributed by atoms with van der Waals surface area (Å²) >= 11 is 0. The van der Waals surface area contributed by atoms with Gasteiger partial charge in [-0.1, -0.05) is 13.8 Å². The molecule has 104 valence electrons. The molecular formula is C14H13N7. The van der Waals surface area contributed by atoms with E-state index >= 15 is 0 Å². The highest BCUT2D eigenvalue weighted by Gasteiger charge is 2.16. The second-order valence-corrected chi connectivity index (χ2v) is 4.96. The lowest BCUT2D eigenvalue weighted by Crippen LogP contribution is -2.02. The van der Waals surface area contributed by atoms with E-state index < -0.39 is 0 Å². The largest absolute Gasteiger partial charge is 0.383 e. The number of pyridine rings is 1. The van der Waals surface area contributed by atoms with E-state index in [2.05, 4.69) is 25.1 Å². The molecule has 0 saturated heterocycles. The summed E-state index contributed by atoms with van der Waals surface area (Å²) in [7, 11) is 0. The molecule has 0 aliphatic heterocycles. The van der Waals surface area contributed by atoms with Crippen molar-refractivity contribution in [1.82, 2.24) is 25.1 Å². The number of nitrogens with one attached hydrogen (secondary N) is 1. The van der Waals surface area contributed by atoms with Crippen LogP contribution < -0.4 is 5.73 Å². The van der Waals surface area contributed by atoms with E-state index in [4.69, 9.17) is 11.0 Å². The predicted octanol–water partition coefficient (Wildman–Crippen LogP) is 1.99. The molecule has 0 spiro atoms. The summed E-state index contributed by atoms with van der Waals surface area (Å²) in [6, 6.07) is 5.41. The highest BCUT2D eigenvalue weighted by atomic mass is 15.2. The van der Waals surface area contributed by atoms with Gasteiger partial charge in [-0.3, -0.25) is 5.10 Å². The van der Waals surface area contributed by atoms with Gasteiger partial charge in [0.1, 0.15) is 23.4 Å². The fraction of sp³-hybridized carbons (Fsp3) is 0.214. The van der Waals surface area contributed by atoms with Gasteiger partial charge in [0, 0.05) is 17.7 Å². The van der Waals surface area contributed by atoms with Crippen molar-refractivity contribution in [2.75, 3.05) is 5.73 Å². The first-order valence-corrected chi connectivity index (χ1v) is 6.48. The Kier molecular flexibility index (Phi) is 2.99. The Hall–Kier alpha value is -3.01. The monoisotopic (exact) mass is 279 g/mol. The molecule has 0 aromatic carbocycles. The van der Waals surface area contributed by atoms with Crippen molar-refractivity contribution in [2.45, 2.75) is 19.8 Å². The number of nitriles is 1. The van der Waals surface area contributed by atoms with Gasteiger partial charge in [0.2, 0.25) is 0 Å². The van der Waals surface area contributed by atoms with Gasteiger partial charge in [0.05, 0.1) is 11.1 Å². The molecule has 3 aromatic heterocycles. The number of fused-ring (bicyclic) bond motifs is 1. The molecule has 3 heterocycles. The molecule has 7 nitrogen and oxygen atoms in total. The zero-order chi connectivity index (χ0) is 15.0. The van der Waals surface area contributed by atoms with Crippen molar-refractivity contribution in [3.63, 3.8) is 0 Å². The molecule has 21 heavy (non-hydrogen) atoms. The molecule has 3 N–H and O–H groups in total. The number of hydrogen-bond donors (Lipinski definition) is 2. The van der Waals surface area contributed by atoms with Crippen LogP contribution >= 0.6 is 0 Å². The van der Waals surface area contributed by atoms with Crippen LogP contribution in [0.15, 0.2) is 18.3 Å². The van der Waals surface area contributed by atoms with Crippen molar-refractivity contribution in [3.8, 4) is 17.3 Å². The molecule has 0 unspecified atom stereocenters. The number of rotatable bonds is 2. The van der Waals surface area contributed by atoms with Crippen LogP contribution in [0, 0.1) is 11.3 Å². The fourth-order valence-corrected chi connectivity index (χ4v) is 2.04. The fourth-order valence-electron chi connectivity index (χ4n) is 2.04. The maximum absolute atomic E-state index is 8.78. The maximum atomic E-state index is 8.78. The van der Waals surface area contributed by atoms with Crippen LogP contribution in [0.25, 0.3) is 22.3 Å². The number of hydrogen-bond acceptors (Lipinski definition) is 6. The van der Waals surface area contributed by atoms with E-state index in [1.807, 2.05) is 19.9 Å². The van der Waals surface area contributed by atoms with E-state index in [-0.39, 0.29) is 5.92 Å². The number of aromatic amines is 1. The van der Waals surface area contributed by atoms with E-state index in [1.165, 1.54) is 0 Å². The van der Waals surface area contributed by atoms with Gasteiger partial charge in [0.25, 0.3) is 0 Å². The normalized spacial score (nSPS) is 11.0. The smallest absolute Gasteiger partial charge is 0.187 e. The van der Waals surface area contributed by atoms with Crippen LogP contribution in [0.1, 0.15) is 31.3 Å². The van der Waals surface area contributed by atoms with Crippen LogP contribution in [-0.2, 0) is 0 Å². The van der Waals surface area contributed by atoms with Crippen LogP contribution in [0.4, 0.5) is 5.82 Å².